The second-order valence-corrected chi connectivity index (χ2v) is 5.14. The van der Waals surface area contributed by atoms with Crippen molar-refractivity contribution >= 4 is 23.5 Å². The van der Waals surface area contributed by atoms with Crippen LogP contribution < -0.4 is 0 Å². The van der Waals surface area contributed by atoms with E-state index in [1.807, 2.05) is 0 Å². The molecule has 0 nitrogen and oxygen atoms in total. The fourth-order valence-electron chi connectivity index (χ4n) is 0.447. The first-order valence-corrected chi connectivity index (χ1v) is 6.62. The van der Waals surface area contributed by atoms with Gasteiger partial charge in [-0.15, -0.1) is 0 Å². The second-order valence-electron chi connectivity index (χ2n) is 1.71. The largest absolute Gasteiger partial charge is 2.00 e. The van der Waals surface area contributed by atoms with Crippen molar-refractivity contribution in [1.82, 2.24) is 0 Å². The zero-order valence-electron chi connectivity index (χ0n) is 8.04. The molecule has 0 saturated carbocycles. The predicted octanol–water partition coefficient (Wildman–Crippen LogP) is 1.68. The van der Waals surface area contributed by atoms with Crippen molar-refractivity contribution in [3.8, 4) is 0 Å². The average molecular weight is 377 g/mol. The minimum Gasteiger partial charge on any atom is -0.0282 e. The van der Waals surface area contributed by atoms with E-state index in [0.717, 1.165) is 0 Å². The molecule has 0 aromatic rings. The summed E-state index contributed by atoms with van der Waals surface area (Å²) in [7, 11) is 0. The topological polar surface area (TPSA) is 0 Å². The van der Waals surface area contributed by atoms with E-state index in [-0.39, 0.29) is 21.1 Å². The molecule has 0 aliphatic rings. The third kappa shape index (κ3) is 34.6. The number of thiol groups is 2. The standard InChI is InChI=1S/2C4H10S.Pt/c2*1-3-5-4-2;/h2*3-4H2,1-2H3;/q;;+2/p+2. The first-order valence-electron chi connectivity index (χ1n) is 4.09. The van der Waals surface area contributed by atoms with Crippen LogP contribution in [0.5, 0.6) is 0 Å². The van der Waals surface area contributed by atoms with Gasteiger partial charge in [-0.25, -0.2) is 0 Å². The molecule has 3 heteroatoms. The Bertz CT molecular complexity index is 33.1. The Hall–Kier alpha value is 1.39. The smallest absolute Gasteiger partial charge is 0.0282 e. The third-order valence-corrected chi connectivity index (χ3v) is 2.68. The summed E-state index contributed by atoms with van der Waals surface area (Å²) in [5, 5.41) is 0. The fourth-order valence-corrected chi connectivity index (χ4v) is 1.34. The van der Waals surface area contributed by atoms with Gasteiger partial charge in [0.15, 0.2) is 0 Å². The molecule has 0 amide bonds. The zero-order chi connectivity index (χ0) is 8.24. The molecule has 0 aromatic heterocycles. The maximum Gasteiger partial charge on any atom is 2.00 e. The van der Waals surface area contributed by atoms with Gasteiger partial charge in [-0.1, -0.05) is 0 Å². The molecular formula is C8H22PtS2+4. The molecule has 0 aliphatic heterocycles. The minimum absolute atomic E-state index is 0. The van der Waals surface area contributed by atoms with Gasteiger partial charge in [0.1, 0.15) is 23.0 Å². The summed E-state index contributed by atoms with van der Waals surface area (Å²) in [6.45, 7) is 8.80. The van der Waals surface area contributed by atoms with Crippen LogP contribution in [0.4, 0.5) is 0 Å². The molecule has 0 spiro atoms. The van der Waals surface area contributed by atoms with E-state index in [1.54, 1.807) is 23.5 Å². The van der Waals surface area contributed by atoms with Crippen molar-refractivity contribution in [3.05, 3.63) is 0 Å². The van der Waals surface area contributed by atoms with Gasteiger partial charge in [0, 0.05) is 0 Å². The molecule has 0 saturated heterocycles. The monoisotopic (exact) mass is 377 g/mol. The van der Waals surface area contributed by atoms with Gasteiger partial charge >= 0.3 is 21.1 Å². The SMILES string of the molecule is CC[SH+]CC.CC[SH+]CC.[Pt+2]. The summed E-state index contributed by atoms with van der Waals surface area (Å²) in [6, 6.07) is 0. The summed E-state index contributed by atoms with van der Waals surface area (Å²) >= 11 is 3.16. The van der Waals surface area contributed by atoms with E-state index in [2.05, 4.69) is 27.7 Å². The van der Waals surface area contributed by atoms with Crippen LogP contribution in [0, 0.1) is 0 Å². The molecule has 0 atom stereocenters. The van der Waals surface area contributed by atoms with Crippen molar-refractivity contribution in [2.75, 3.05) is 23.0 Å². The Morgan fingerprint density at radius 3 is 0.818 bits per heavy atom. The van der Waals surface area contributed by atoms with E-state index in [4.69, 9.17) is 0 Å². The van der Waals surface area contributed by atoms with Gasteiger partial charge in [0.25, 0.3) is 0 Å². The number of hydrogen-bond donors (Lipinski definition) is 0. The summed E-state index contributed by atoms with van der Waals surface area (Å²) in [6.07, 6.45) is 0. The van der Waals surface area contributed by atoms with Crippen LogP contribution in [0.3, 0.4) is 0 Å². The Balaban J connectivity index is -0.000000107. The molecule has 0 unspecified atom stereocenters. The molecule has 0 aromatic carbocycles. The van der Waals surface area contributed by atoms with Gasteiger partial charge in [0.05, 0.1) is 0 Å². The van der Waals surface area contributed by atoms with Crippen molar-refractivity contribution in [3.63, 3.8) is 0 Å². The van der Waals surface area contributed by atoms with Crippen LogP contribution >= 0.6 is 0 Å². The van der Waals surface area contributed by atoms with Crippen LogP contribution in [0.1, 0.15) is 27.7 Å². The predicted molar refractivity (Wildman–Crippen MR) is 59.7 cm³/mol. The second kappa shape index (κ2) is 22.5. The number of hydrogen-bond acceptors (Lipinski definition) is 0. The molecular weight excluding hydrogens is 355 g/mol. The maximum atomic E-state index is 2.20. The summed E-state index contributed by atoms with van der Waals surface area (Å²) in [5.41, 5.74) is 0. The molecule has 0 fully saturated rings. The third-order valence-electron chi connectivity index (χ3n) is 0.894. The molecule has 0 radical (unpaired) electrons. The summed E-state index contributed by atoms with van der Waals surface area (Å²) in [5.74, 6) is 5.26. The molecule has 11 heavy (non-hydrogen) atoms. The van der Waals surface area contributed by atoms with Crippen molar-refractivity contribution in [2.45, 2.75) is 27.7 Å². The van der Waals surface area contributed by atoms with Crippen LogP contribution in [0.2, 0.25) is 0 Å². The van der Waals surface area contributed by atoms with E-state index in [9.17, 15) is 0 Å². The van der Waals surface area contributed by atoms with Gasteiger partial charge < -0.3 is 0 Å². The summed E-state index contributed by atoms with van der Waals surface area (Å²) in [4.78, 5) is 0. The van der Waals surface area contributed by atoms with E-state index in [0.29, 0.717) is 0 Å². The van der Waals surface area contributed by atoms with E-state index in [1.165, 1.54) is 23.0 Å². The molecule has 0 N–H and O–H groups in total. The molecule has 0 rings (SSSR count). The molecule has 0 heterocycles. The average Bonchev–Trinajstić information content (AvgIpc) is 1.93. The van der Waals surface area contributed by atoms with Crippen molar-refractivity contribution < 1.29 is 21.1 Å². The summed E-state index contributed by atoms with van der Waals surface area (Å²) < 4.78 is 0. The minimum atomic E-state index is 0. The molecule has 0 aliphatic carbocycles. The Kier molecular flexibility index (Phi) is 37.3. The van der Waals surface area contributed by atoms with Gasteiger partial charge in [-0.3, -0.25) is 0 Å². The molecule has 0 bridgehead atoms. The Morgan fingerprint density at radius 2 is 0.818 bits per heavy atom. The van der Waals surface area contributed by atoms with Crippen molar-refractivity contribution in [2.24, 2.45) is 0 Å². The van der Waals surface area contributed by atoms with Crippen LogP contribution in [0.25, 0.3) is 0 Å². The normalized spacial score (nSPS) is 7.64. The van der Waals surface area contributed by atoms with Gasteiger partial charge in [-0.2, -0.15) is 0 Å². The maximum absolute atomic E-state index is 2.20. The van der Waals surface area contributed by atoms with Crippen LogP contribution in [0.15, 0.2) is 0 Å². The van der Waals surface area contributed by atoms with Gasteiger partial charge in [0.2, 0.25) is 0 Å². The van der Waals surface area contributed by atoms with Crippen LogP contribution in [-0.4, -0.2) is 23.0 Å². The van der Waals surface area contributed by atoms with Crippen molar-refractivity contribution in [1.29, 1.82) is 0 Å². The first kappa shape index (κ1) is 18.2. The van der Waals surface area contributed by atoms with E-state index < -0.39 is 0 Å². The molecule has 72 valence electrons. The number of rotatable bonds is 4. The van der Waals surface area contributed by atoms with E-state index >= 15 is 0 Å². The zero-order valence-corrected chi connectivity index (χ0v) is 12.1. The first-order chi connectivity index (χ1) is 4.83. The Morgan fingerprint density at radius 1 is 0.636 bits per heavy atom. The van der Waals surface area contributed by atoms with Crippen LogP contribution in [-0.2, 0) is 44.6 Å². The quantitative estimate of drug-likeness (QED) is 0.517. The Labute approximate surface area is 94.9 Å². The van der Waals surface area contributed by atoms with Gasteiger partial charge in [-0.05, 0) is 51.2 Å². The fraction of sp³-hybridized carbons (Fsp3) is 1.00.